The van der Waals surface area contributed by atoms with Crippen LogP contribution in [0.4, 0.5) is 18.9 Å². The van der Waals surface area contributed by atoms with E-state index >= 15 is 0 Å². The van der Waals surface area contributed by atoms with E-state index < -0.39 is 22.7 Å². The maximum Gasteiger partial charge on any atom is 0.417 e. The SMILES string of the molecule is CN(CC(=O)Nc1ccc(Cl)c(C(F)(F)F)c1)CC(=O)N1CCCCC1. The lowest BCUT2D eigenvalue weighted by atomic mass is 10.1. The fraction of sp³-hybridized carbons (Fsp3) is 0.529. The smallest absolute Gasteiger partial charge is 0.342 e. The number of piperidine rings is 1. The molecule has 2 rings (SSSR count). The summed E-state index contributed by atoms with van der Waals surface area (Å²) in [5.74, 6) is -0.555. The molecule has 0 bridgehead atoms. The number of likely N-dealkylation sites (N-methyl/N-ethyl adjacent to an activating group) is 1. The predicted molar refractivity (Wildman–Crippen MR) is 93.0 cm³/mol. The van der Waals surface area contributed by atoms with Crippen LogP contribution in [0, 0.1) is 0 Å². The molecule has 5 nitrogen and oxygen atoms in total. The molecule has 0 atom stereocenters. The molecule has 2 amide bonds. The Morgan fingerprint density at radius 3 is 2.46 bits per heavy atom. The van der Waals surface area contributed by atoms with Gasteiger partial charge in [0.1, 0.15) is 0 Å². The van der Waals surface area contributed by atoms with E-state index in [9.17, 15) is 22.8 Å². The fourth-order valence-electron chi connectivity index (χ4n) is 2.80. The molecule has 1 saturated heterocycles. The lowest BCUT2D eigenvalue weighted by molar-refractivity contribution is -0.137. The van der Waals surface area contributed by atoms with Gasteiger partial charge >= 0.3 is 6.18 Å². The van der Waals surface area contributed by atoms with Gasteiger partial charge in [-0.2, -0.15) is 13.2 Å². The molecule has 0 radical (unpaired) electrons. The summed E-state index contributed by atoms with van der Waals surface area (Å²) < 4.78 is 38.5. The molecular weight excluding hydrogens is 371 g/mol. The van der Waals surface area contributed by atoms with Gasteiger partial charge in [-0.25, -0.2) is 0 Å². The molecule has 1 N–H and O–H groups in total. The zero-order valence-corrected chi connectivity index (χ0v) is 15.2. The standard InChI is InChI=1S/C17H21ClF3N3O2/c1-23(11-16(26)24-7-3-2-4-8-24)10-15(25)22-12-5-6-14(18)13(9-12)17(19,20)21/h5-6,9H,2-4,7-8,10-11H2,1H3,(H,22,25). The molecule has 1 fully saturated rings. The molecule has 26 heavy (non-hydrogen) atoms. The van der Waals surface area contributed by atoms with Gasteiger partial charge in [0.15, 0.2) is 0 Å². The highest BCUT2D eigenvalue weighted by atomic mass is 35.5. The Morgan fingerprint density at radius 2 is 1.85 bits per heavy atom. The van der Waals surface area contributed by atoms with E-state index in [0.717, 1.165) is 44.5 Å². The zero-order valence-electron chi connectivity index (χ0n) is 14.4. The van der Waals surface area contributed by atoms with Crippen molar-refractivity contribution in [1.29, 1.82) is 0 Å². The van der Waals surface area contributed by atoms with E-state index in [4.69, 9.17) is 11.6 Å². The number of alkyl halides is 3. The summed E-state index contributed by atoms with van der Waals surface area (Å²) in [6, 6.07) is 3.18. The van der Waals surface area contributed by atoms with E-state index in [2.05, 4.69) is 5.32 Å². The first-order valence-electron chi connectivity index (χ1n) is 8.30. The van der Waals surface area contributed by atoms with E-state index in [0.29, 0.717) is 0 Å². The average Bonchev–Trinajstić information content (AvgIpc) is 2.56. The number of carbonyl (C=O) groups excluding carboxylic acids is 2. The topological polar surface area (TPSA) is 52.7 Å². The van der Waals surface area contributed by atoms with Crippen molar-refractivity contribution in [2.45, 2.75) is 25.4 Å². The van der Waals surface area contributed by atoms with Gasteiger partial charge in [0.25, 0.3) is 0 Å². The number of hydrogen-bond donors (Lipinski definition) is 1. The summed E-state index contributed by atoms with van der Waals surface area (Å²) >= 11 is 5.55. The van der Waals surface area contributed by atoms with Crippen molar-refractivity contribution >= 4 is 29.1 Å². The monoisotopic (exact) mass is 391 g/mol. The first-order chi connectivity index (χ1) is 12.2. The van der Waals surface area contributed by atoms with Gasteiger partial charge in [-0.1, -0.05) is 11.6 Å². The van der Waals surface area contributed by atoms with Crippen LogP contribution < -0.4 is 5.32 Å². The Morgan fingerprint density at radius 1 is 1.19 bits per heavy atom. The summed E-state index contributed by atoms with van der Waals surface area (Å²) in [5, 5.41) is 1.97. The van der Waals surface area contributed by atoms with E-state index in [-0.39, 0.29) is 24.7 Å². The molecule has 9 heteroatoms. The summed E-state index contributed by atoms with van der Waals surface area (Å²) in [6.45, 7) is 1.43. The number of anilines is 1. The molecule has 144 valence electrons. The molecule has 1 aromatic carbocycles. The van der Waals surface area contributed by atoms with Gasteiger partial charge in [0.2, 0.25) is 11.8 Å². The Bertz CT molecular complexity index is 661. The lowest BCUT2D eigenvalue weighted by Gasteiger charge is -2.28. The molecule has 1 heterocycles. The minimum atomic E-state index is -4.60. The molecular formula is C17H21ClF3N3O2. The third kappa shape index (κ3) is 5.88. The van der Waals surface area contributed by atoms with Crippen LogP contribution in [0.25, 0.3) is 0 Å². The quantitative estimate of drug-likeness (QED) is 0.838. The summed E-state index contributed by atoms with van der Waals surface area (Å²) in [7, 11) is 1.62. The van der Waals surface area contributed by atoms with Crippen LogP contribution in [-0.2, 0) is 15.8 Å². The molecule has 0 aromatic heterocycles. The number of amides is 2. The fourth-order valence-corrected chi connectivity index (χ4v) is 3.02. The van der Waals surface area contributed by atoms with Gasteiger partial charge < -0.3 is 10.2 Å². The zero-order chi connectivity index (χ0) is 19.3. The second-order valence-corrected chi connectivity index (χ2v) is 6.76. The van der Waals surface area contributed by atoms with Crippen molar-refractivity contribution in [2.75, 3.05) is 38.5 Å². The number of benzene rings is 1. The molecule has 0 spiro atoms. The Labute approximate surface area is 155 Å². The molecule has 1 aliphatic rings. The molecule has 0 unspecified atom stereocenters. The minimum absolute atomic E-state index is 0.00230. The average molecular weight is 392 g/mol. The largest absolute Gasteiger partial charge is 0.417 e. The van der Waals surface area contributed by atoms with Crippen LogP contribution in [0.15, 0.2) is 18.2 Å². The van der Waals surface area contributed by atoms with E-state index in [1.807, 2.05) is 0 Å². The highest BCUT2D eigenvalue weighted by Gasteiger charge is 2.33. The van der Waals surface area contributed by atoms with Gasteiger partial charge in [0.05, 0.1) is 23.7 Å². The number of likely N-dealkylation sites (tertiary alicyclic amines) is 1. The van der Waals surface area contributed by atoms with Crippen molar-refractivity contribution < 1.29 is 22.8 Å². The number of rotatable bonds is 5. The van der Waals surface area contributed by atoms with Gasteiger partial charge in [-0.15, -0.1) is 0 Å². The summed E-state index contributed by atoms with van der Waals surface area (Å²) in [4.78, 5) is 27.5. The van der Waals surface area contributed by atoms with Crippen LogP contribution in [0.2, 0.25) is 5.02 Å². The van der Waals surface area contributed by atoms with E-state index in [1.54, 1.807) is 11.9 Å². The highest BCUT2D eigenvalue weighted by molar-refractivity contribution is 6.31. The van der Waals surface area contributed by atoms with Crippen molar-refractivity contribution in [3.8, 4) is 0 Å². The van der Waals surface area contributed by atoms with Crippen molar-refractivity contribution in [3.63, 3.8) is 0 Å². The van der Waals surface area contributed by atoms with E-state index in [1.165, 1.54) is 11.0 Å². The third-order valence-electron chi connectivity index (χ3n) is 4.08. The van der Waals surface area contributed by atoms with Gasteiger partial charge in [-0.05, 0) is 44.5 Å². The molecule has 0 saturated carbocycles. The van der Waals surface area contributed by atoms with Crippen LogP contribution in [-0.4, -0.2) is 54.8 Å². The predicted octanol–water partition coefficient (Wildman–Crippen LogP) is 3.24. The van der Waals surface area contributed by atoms with Crippen molar-refractivity contribution in [3.05, 3.63) is 28.8 Å². The van der Waals surface area contributed by atoms with Crippen molar-refractivity contribution in [2.24, 2.45) is 0 Å². The second kappa shape index (κ2) is 8.73. The first-order valence-corrected chi connectivity index (χ1v) is 8.67. The van der Waals surface area contributed by atoms with Crippen LogP contribution in [0.1, 0.15) is 24.8 Å². The Kier molecular flexibility index (Phi) is 6.88. The van der Waals surface area contributed by atoms with Crippen molar-refractivity contribution in [1.82, 2.24) is 9.80 Å². The molecule has 1 aromatic rings. The minimum Gasteiger partial charge on any atom is -0.342 e. The maximum absolute atomic E-state index is 12.8. The molecule has 1 aliphatic heterocycles. The Balaban J connectivity index is 1.89. The van der Waals surface area contributed by atoms with Crippen LogP contribution in [0.5, 0.6) is 0 Å². The number of nitrogens with zero attached hydrogens (tertiary/aromatic N) is 2. The second-order valence-electron chi connectivity index (χ2n) is 6.35. The van der Waals surface area contributed by atoms with Crippen LogP contribution in [0.3, 0.4) is 0 Å². The summed E-state index contributed by atoms with van der Waals surface area (Å²) in [6.07, 6.45) is -1.53. The number of carbonyl (C=O) groups is 2. The highest BCUT2D eigenvalue weighted by Crippen LogP contribution is 2.36. The normalized spacial score (nSPS) is 15.2. The maximum atomic E-state index is 12.8. The Hall–Kier alpha value is -1.80. The molecule has 0 aliphatic carbocycles. The first kappa shape index (κ1) is 20.5. The number of halogens is 4. The number of nitrogens with one attached hydrogen (secondary N) is 1. The number of hydrogen-bond acceptors (Lipinski definition) is 3. The third-order valence-corrected chi connectivity index (χ3v) is 4.41. The van der Waals surface area contributed by atoms with Gasteiger partial charge in [-0.3, -0.25) is 14.5 Å². The van der Waals surface area contributed by atoms with Gasteiger partial charge in [0, 0.05) is 18.8 Å². The summed E-state index contributed by atoms with van der Waals surface area (Å²) in [5.41, 5.74) is -1.01. The lowest BCUT2D eigenvalue weighted by Crippen LogP contribution is -2.43. The van der Waals surface area contributed by atoms with Crippen LogP contribution >= 0.6 is 11.6 Å².